The van der Waals surface area contributed by atoms with E-state index in [0.717, 1.165) is 36.6 Å². The van der Waals surface area contributed by atoms with Crippen LogP contribution in [-0.2, 0) is 17.8 Å². The maximum atomic E-state index is 9.41. The van der Waals surface area contributed by atoms with Gasteiger partial charge < -0.3 is 14.7 Å². The van der Waals surface area contributed by atoms with E-state index >= 15 is 0 Å². The second kappa shape index (κ2) is 5.34. The van der Waals surface area contributed by atoms with Crippen LogP contribution in [0.4, 0.5) is 5.82 Å². The first kappa shape index (κ1) is 15.3. The molecule has 2 heterocycles. The molecule has 0 amide bonds. The number of aromatic nitrogens is 1. The van der Waals surface area contributed by atoms with Crippen molar-refractivity contribution in [2.45, 2.75) is 58.8 Å². The summed E-state index contributed by atoms with van der Waals surface area (Å²) >= 11 is 0. The highest BCUT2D eigenvalue weighted by Gasteiger charge is 2.38. The van der Waals surface area contributed by atoms with E-state index < -0.39 is 0 Å². The number of ether oxygens (including phenoxy) is 1. The number of anilines is 1. The summed E-state index contributed by atoms with van der Waals surface area (Å²) in [5.74, 6) is 0.942. The van der Waals surface area contributed by atoms with Gasteiger partial charge in [0.25, 0.3) is 0 Å². The normalized spacial score (nSPS) is 21.0. The third-order valence-electron chi connectivity index (χ3n) is 3.49. The Morgan fingerprint density at radius 3 is 2.30 bits per heavy atom. The van der Waals surface area contributed by atoms with E-state index in [1.807, 2.05) is 12.1 Å². The zero-order valence-electron chi connectivity index (χ0n) is 13.2. The molecule has 1 N–H and O–H groups in total. The molecule has 1 aromatic rings. The molecule has 4 heteroatoms. The molecular weight excluding hydrogens is 252 g/mol. The molecule has 0 saturated carbocycles. The van der Waals surface area contributed by atoms with Gasteiger partial charge in [0, 0.05) is 18.8 Å². The number of aryl methyl sites for hydroxylation is 1. The molecule has 0 aliphatic carbocycles. The van der Waals surface area contributed by atoms with E-state index in [-0.39, 0.29) is 17.8 Å². The lowest BCUT2D eigenvalue weighted by molar-refractivity contribution is -0.133. The Balaban J connectivity index is 2.34. The average molecular weight is 278 g/mol. The van der Waals surface area contributed by atoms with Crippen molar-refractivity contribution >= 4 is 5.82 Å². The Morgan fingerprint density at radius 2 is 1.80 bits per heavy atom. The quantitative estimate of drug-likeness (QED) is 0.923. The Bertz CT molecular complexity index is 445. The van der Waals surface area contributed by atoms with Gasteiger partial charge in [-0.05, 0) is 51.8 Å². The molecule has 1 aromatic heterocycles. The lowest BCUT2D eigenvalue weighted by Gasteiger charge is -2.47. The number of rotatable bonds is 3. The first-order chi connectivity index (χ1) is 9.24. The van der Waals surface area contributed by atoms with E-state index in [1.165, 1.54) is 0 Å². The van der Waals surface area contributed by atoms with Crippen LogP contribution in [0.15, 0.2) is 12.1 Å². The Morgan fingerprint density at radius 1 is 1.20 bits per heavy atom. The molecular formula is C16H26N2O2. The van der Waals surface area contributed by atoms with Crippen molar-refractivity contribution in [3.05, 3.63) is 23.4 Å². The molecule has 1 aliphatic rings. The predicted molar refractivity (Wildman–Crippen MR) is 81.0 cm³/mol. The van der Waals surface area contributed by atoms with Crippen LogP contribution in [0, 0.1) is 0 Å². The summed E-state index contributed by atoms with van der Waals surface area (Å²) in [6.45, 7) is 12.2. The molecule has 2 rings (SSSR count). The number of aliphatic hydroxyl groups is 1. The first-order valence-corrected chi connectivity index (χ1v) is 7.30. The Hall–Kier alpha value is -1.13. The molecule has 0 bridgehead atoms. The molecule has 1 fully saturated rings. The monoisotopic (exact) mass is 278 g/mol. The second-order valence-corrected chi connectivity index (χ2v) is 6.81. The standard InChI is InChI=1S/C16H26N2O2/c1-6-13-7-12(9-19)8-14(17-13)18-10-15(2,3)20-16(4,5)11-18/h7-8,19H,6,9-11H2,1-5H3. The summed E-state index contributed by atoms with van der Waals surface area (Å²) in [6, 6.07) is 3.96. The lowest BCUT2D eigenvalue weighted by atomic mass is 9.99. The maximum Gasteiger partial charge on any atom is 0.129 e. The highest BCUT2D eigenvalue weighted by Crippen LogP contribution is 2.31. The van der Waals surface area contributed by atoms with E-state index in [0.29, 0.717) is 0 Å². The third kappa shape index (κ3) is 3.49. The highest BCUT2D eigenvalue weighted by molar-refractivity contribution is 5.44. The molecule has 0 spiro atoms. The Labute approximate surface area is 121 Å². The van der Waals surface area contributed by atoms with Gasteiger partial charge in [0.2, 0.25) is 0 Å². The van der Waals surface area contributed by atoms with Crippen molar-refractivity contribution in [3.63, 3.8) is 0 Å². The van der Waals surface area contributed by atoms with Gasteiger partial charge in [-0.3, -0.25) is 0 Å². The minimum Gasteiger partial charge on any atom is -0.392 e. The van der Waals surface area contributed by atoms with Crippen LogP contribution in [0.25, 0.3) is 0 Å². The molecule has 1 aliphatic heterocycles. The smallest absolute Gasteiger partial charge is 0.129 e. The maximum absolute atomic E-state index is 9.41. The van der Waals surface area contributed by atoms with Crippen LogP contribution in [0.2, 0.25) is 0 Å². The van der Waals surface area contributed by atoms with Crippen molar-refractivity contribution in [2.24, 2.45) is 0 Å². The van der Waals surface area contributed by atoms with E-state index in [2.05, 4.69) is 39.5 Å². The van der Waals surface area contributed by atoms with Gasteiger partial charge in [0.05, 0.1) is 17.8 Å². The second-order valence-electron chi connectivity index (χ2n) is 6.81. The molecule has 0 aromatic carbocycles. The van der Waals surface area contributed by atoms with Crippen molar-refractivity contribution in [2.75, 3.05) is 18.0 Å². The topological polar surface area (TPSA) is 45.6 Å². The fraction of sp³-hybridized carbons (Fsp3) is 0.688. The summed E-state index contributed by atoms with van der Waals surface area (Å²) in [5, 5.41) is 9.41. The Kier molecular flexibility index (Phi) is 4.07. The van der Waals surface area contributed by atoms with Crippen LogP contribution in [0.1, 0.15) is 45.9 Å². The predicted octanol–water partition coefficient (Wildman–Crippen LogP) is 2.53. The van der Waals surface area contributed by atoms with E-state index in [1.54, 1.807) is 0 Å². The minimum absolute atomic E-state index is 0.0552. The lowest BCUT2D eigenvalue weighted by Crippen LogP contribution is -2.57. The minimum atomic E-state index is -0.203. The van der Waals surface area contributed by atoms with E-state index in [9.17, 15) is 5.11 Å². The van der Waals surface area contributed by atoms with Gasteiger partial charge in [-0.25, -0.2) is 4.98 Å². The van der Waals surface area contributed by atoms with Crippen molar-refractivity contribution in [1.82, 2.24) is 4.98 Å². The van der Waals surface area contributed by atoms with Crippen molar-refractivity contribution in [3.8, 4) is 0 Å². The van der Waals surface area contributed by atoms with Gasteiger partial charge in [0.15, 0.2) is 0 Å². The summed E-state index contributed by atoms with van der Waals surface area (Å²) in [7, 11) is 0. The SMILES string of the molecule is CCc1cc(CO)cc(N2CC(C)(C)OC(C)(C)C2)n1. The molecule has 1 saturated heterocycles. The fourth-order valence-electron chi connectivity index (χ4n) is 3.02. The number of pyridine rings is 1. The van der Waals surface area contributed by atoms with Crippen LogP contribution >= 0.6 is 0 Å². The van der Waals surface area contributed by atoms with Crippen LogP contribution in [0.3, 0.4) is 0 Å². The molecule has 0 unspecified atom stereocenters. The first-order valence-electron chi connectivity index (χ1n) is 7.30. The van der Waals surface area contributed by atoms with Gasteiger partial charge in [0.1, 0.15) is 5.82 Å². The largest absolute Gasteiger partial charge is 0.392 e. The summed E-state index contributed by atoms with van der Waals surface area (Å²) in [5.41, 5.74) is 1.54. The van der Waals surface area contributed by atoms with Crippen LogP contribution in [0.5, 0.6) is 0 Å². The highest BCUT2D eigenvalue weighted by atomic mass is 16.5. The van der Waals surface area contributed by atoms with Crippen LogP contribution in [-0.4, -0.2) is 34.4 Å². The number of aliphatic hydroxyl groups excluding tert-OH is 1. The summed E-state index contributed by atoms with van der Waals surface area (Å²) < 4.78 is 6.11. The van der Waals surface area contributed by atoms with Crippen LogP contribution < -0.4 is 4.90 Å². The molecule has 4 nitrogen and oxygen atoms in total. The van der Waals surface area contributed by atoms with Crippen molar-refractivity contribution in [1.29, 1.82) is 0 Å². The van der Waals surface area contributed by atoms with Gasteiger partial charge in [-0.1, -0.05) is 6.92 Å². The number of morpholine rings is 1. The number of hydrogen-bond donors (Lipinski definition) is 1. The molecule has 112 valence electrons. The number of nitrogens with zero attached hydrogens (tertiary/aromatic N) is 2. The molecule has 0 radical (unpaired) electrons. The summed E-state index contributed by atoms with van der Waals surface area (Å²) in [6.07, 6.45) is 0.873. The van der Waals surface area contributed by atoms with Gasteiger partial charge >= 0.3 is 0 Å². The third-order valence-corrected chi connectivity index (χ3v) is 3.49. The number of hydrogen-bond acceptors (Lipinski definition) is 4. The zero-order chi connectivity index (χ0) is 15.0. The van der Waals surface area contributed by atoms with Gasteiger partial charge in [-0.15, -0.1) is 0 Å². The average Bonchev–Trinajstić information content (AvgIpc) is 2.34. The molecule has 20 heavy (non-hydrogen) atoms. The van der Waals surface area contributed by atoms with E-state index in [4.69, 9.17) is 9.72 Å². The van der Waals surface area contributed by atoms with Crippen molar-refractivity contribution < 1.29 is 9.84 Å². The summed E-state index contributed by atoms with van der Waals surface area (Å²) in [4.78, 5) is 6.98. The zero-order valence-corrected chi connectivity index (χ0v) is 13.2. The fourth-order valence-corrected chi connectivity index (χ4v) is 3.02. The molecule has 0 atom stereocenters. The van der Waals surface area contributed by atoms with Gasteiger partial charge in [-0.2, -0.15) is 0 Å².